The van der Waals surface area contributed by atoms with Crippen molar-refractivity contribution in [3.05, 3.63) is 29.3 Å². The molecule has 2 saturated carbocycles. The Morgan fingerprint density at radius 3 is 2.65 bits per heavy atom. The van der Waals surface area contributed by atoms with Crippen LogP contribution in [-0.4, -0.2) is 12.6 Å². The van der Waals surface area contributed by atoms with Gasteiger partial charge >= 0.3 is 0 Å². The number of aryl methyl sites for hydroxylation is 1. The zero-order valence-corrected chi connectivity index (χ0v) is 10.5. The van der Waals surface area contributed by atoms with Gasteiger partial charge in [0.2, 0.25) is 0 Å². The number of nitrogens with two attached hydrogens (primary N) is 1. The summed E-state index contributed by atoms with van der Waals surface area (Å²) in [4.78, 5) is 0. The van der Waals surface area contributed by atoms with Gasteiger partial charge in [0, 0.05) is 17.5 Å². The summed E-state index contributed by atoms with van der Waals surface area (Å²) in [7, 11) is 0. The van der Waals surface area contributed by atoms with E-state index < -0.39 is 0 Å². The van der Waals surface area contributed by atoms with Crippen LogP contribution in [0.15, 0.2) is 18.2 Å². The smallest absolute Gasteiger partial charge is 0.123 e. The Hall–Kier alpha value is -1.02. The van der Waals surface area contributed by atoms with Crippen LogP contribution in [0.2, 0.25) is 0 Å². The van der Waals surface area contributed by atoms with E-state index in [0.29, 0.717) is 6.10 Å². The second kappa shape index (κ2) is 4.02. The number of ether oxygens (including phenoxy) is 1. The van der Waals surface area contributed by atoms with Crippen LogP contribution in [0.5, 0.6) is 5.75 Å². The van der Waals surface area contributed by atoms with Crippen molar-refractivity contribution in [1.29, 1.82) is 0 Å². The van der Waals surface area contributed by atoms with E-state index in [1.165, 1.54) is 43.2 Å². The molecule has 92 valence electrons. The summed E-state index contributed by atoms with van der Waals surface area (Å²) in [5.41, 5.74) is 8.83. The summed E-state index contributed by atoms with van der Waals surface area (Å²) < 4.78 is 6.11. The SMILES string of the molecule is Cc1ccc(OC2CCC2)c(C2(CN)CC2)c1. The van der Waals surface area contributed by atoms with Gasteiger partial charge in [-0.05, 0) is 45.1 Å². The van der Waals surface area contributed by atoms with Gasteiger partial charge in [-0.25, -0.2) is 0 Å². The third-order valence-electron chi connectivity index (χ3n) is 4.30. The lowest BCUT2D eigenvalue weighted by atomic mass is 9.92. The fourth-order valence-corrected chi connectivity index (χ4v) is 2.56. The molecule has 0 atom stereocenters. The molecule has 0 saturated heterocycles. The molecule has 0 radical (unpaired) electrons. The van der Waals surface area contributed by atoms with Gasteiger partial charge < -0.3 is 10.5 Å². The highest BCUT2D eigenvalue weighted by Gasteiger charge is 2.45. The second-order valence-electron chi connectivity index (χ2n) is 5.65. The summed E-state index contributed by atoms with van der Waals surface area (Å²) in [5, 5.41) is 0. The Balaban J connectivity index is 1.90. The van der Waals surface area contributed by atoms with Gasteiger partial charge in [0.25, 0.3) is 0 Å². The molecular weight excluding hydrogens is 210 g/mol. The largest absolute Gasteiger partial charge is 0.490 e. The van der Waals surface area contributed by atoms with Crippen LogP contribution in [0.4, 0.5) is 0 Å². The summed E-state index contributed by atoms with van der Waals surface area (Å²) in [5.74, 6) is 1.09. The topological polar surface area (TPSA) is 35.2 Å². The highest BCUT2D eigenvalue weighted by atomic mass is 16.5. The van der Waals surface area contributed by atoms with Gasteiger partial charge in [0.05, 0.1) is 6.10 Å². The van der Waals surface area contributed by atoms with Crippen LogP contribution >= 0.6 is 0 Å². The van der Waals surface area contributed by atoms with Crippen LogP contribution in [-0.2, 0) is 5.41 Å². The normalized spacial score (nSPS) is 22.0. The molecule has 0 unspecified atom stereocenters. The second-order valence-corrected chi connectivity index (χ2v) is 5.65. The van der Waals surface area contributed by atoms with Crippen LogP contribution in [0.25, 0.3) is 0 Å². The molecule has 0 aromatic heterocycles. The molecular formula is C15H21NO. The van der Waals surface area contributed by atoms with Crippen molar-refractivity contribution >= 4 is 0 Å². The molecule has 2 aliphatic rings. The molecule has 0 amide bonds. The molecule has 2 nitrogen and oxygen atoms in total. The lowest BCUT2D eigenvalue weighted by Crippen LogP contribution is -2.27. The van der Waals surface area contributed by atoms with Crippen LogP contribution in [0, 0.1) is 6.92 Å². The first-order valence-corrected chi connectivity index (χ1v) is 6.71. The van der Waals surface area contributed by atoms with Crippen molar-refractivity contribution in [3.63, 3.8) is 0 Å². The van der Waals surface area contributed by atoms with Gasteiger partial charge in [-0.3, -0.25) is 0 Å². The predicted molar refractivity (Wildman–Crippen MR) is 69.4 cm³/mol. The van der Waals surface area contributed by atoms with Crippen molar-refractivity contribution in [1.82, 2.24) is 0 Å². The first-order valence-electron chi connectivity index (χ1n) is 6.71. The average Bonchev–Trinajstić information content (AvgIpc) is 3.05. The quantitative estimate of drug-likeness (QED) is 0.864. The minimum Gasteiger partial charge on any atom is -0.490 e. The molecule has 3 rings (SSSR count). The Kier molecular flexibility index (Phi) is 2.62. The van der Waals surface area contributed by atoms with E-state index in [2.05, 4.69) is 25.1 Å². The van der Waals surface area contributed by atoms with E-state index in [1.54, 1.807) is 0 Å². The van der Waals surface area contributed by atoms with Crippen LogP contribution < -0.4 is 10.5 Å². The van der Waals surface area contributed by atoms with E-state index in [1.807, 2.05) is 0 Å². The van der Waals surface area contributed by atoms with E-state index in [-0.39, 0.29) is 5.41 Å². The summed E-state index contributed by atoms with van der Waals surface area (Å²) in [6.07, 6.45) is 6.62. The molecule has 17 heavy (non-hydrogen) atoms. The minimum atomic E-state index is 0.227. The molecule has 2 heteroatoms. The maximum atomic E-state index is 6.11. The minimum absolute atomic E-state index is 0.227. The summed E-state index contributed by atoms with van der Waals surface area (Å²) in [6.45, 7) is 2.89. The molecule has 2 fully saturated rings. The lowest BCUT2D eigenvalue weighted by molar-refractivity contribution is 0.118. The third-order valence-corrected chi connectivity index (χ3v) is 4.30. The first kappa shape index (κ1) is 11.1. The Morgan fingerprint density at radius 1 is 1.35 bits per heavy atom. The lowest BCUT2D eigenvalue weighted by Gasteiger charge is -2.29. The molecule has 1 aromatic carbocycles. The van der Waals surface area contributed by atoms with Crippen LogP contribution in [0.1, 0.15) is 43.2 Å². The molecule has 0 aliphatic heterocycles. The van der Waals surface area contributed by atoms with E-state index in [9.17, 15) is 0 Å². The maximum absolute atomic E-state index is 6.11. The maximum Gasteiger partial charge on any atom is 0.123 e. The molecule has 2 N–H and O–H groups in total. The van der Waals surface area contributed by atoms with Gasteiger partial charge in [0.15, 0.2) is 0 Å². The average molecular weight is 231 g/mol. The number of rotatable bonds is 4. The zero-order chi connectivity index (χ0) is 11.9. The standard InChI is InChI=1S/C15H21NO/c1-11-5-6-14(17-12-3-2-4-12)13(9-11)15(10-16)7-8-15/h5-6,9,12H,2-4,7-8,10,16H2,1H3. The zero-order valence-electron chi connectivity index (χ0n) is 10.5. The van der Waals surface area contributed by atoms with E-state index in [0.717, 1.165) is 12.3 Å². The van der Waals surface area contributed by atoms with Crippen LogP contribution in [0.3, 0.4) is 0 Å². The predicted octanol–water partition coefficient (Wildman–Crippen LogP) is 2.92. The third kappa shape index (κ3) is 1.95. The monoisotopic (exact) mass is 231 g/mol. The summed E-state index contributed by atoms with van der Waals surface area (Å²) >= 11 is 0. The van der Waals surface area contributed by atoms with Crippen molar-refractivity contribution in [3.8, 4) is 5.75 Å². The number of hydrogen-bond acceptors (Lipinski definition) is 2. The Labute approximate surface area is 103 Å². The fraction of sp³-hybridized carbons (Fsp3) is 0.600. The van der Waals surface area contributed by atoms with Crippen molar-refractivity contribution in [2.75, 3.05) is 6.54 Å². The van der Waals surface area contributed by atoms with Crippen molar-refractivity contribution in [2.45, 2.75) is 50.5 Å². The van der Waals surface area contributed by atoms with Gasteiger partial charge in [-0.2, -0.15) is 0 Å². The molecule has 0 bridgehead atoms. The van der Waals surface area contributed by atoms with Gasteiger partial charge in [-0.15, -0.1) is 0 Å². The van der Waals surface area contributed by atoms with E-state index >= 15 is 0 Å². The van der Waals surface area contributed by atoms with Crippen molar-refractivity contribution < 1.29 is 4.74 Å². The van der Waals surface area contributed by atoms with Gasteiger partial charge in [-0.1, -0.05) is 17.7 Å². The highest BCUT2D eigenvalue weighted by molar-refractivity contribution is 5.46. The number of benzene rings is 1. The Bertz CT molecular complexity index is 419. The first-order chi connectivity index (χ1) is 8.23. The molecule has 1 aromatic rings. The van der Waals surface area contributed by atoms with Crippen molar-refractivity contribution in [2.24, 2.45) is 5.73 Å². The number of hydrogen-bond donors (Lipinski definition) is 1. The van der Waals surface area contributed by atoms with E-state index in [4.69, 9.17) is 10.5 Å². The summed E-state index contributed by atoms with van der Waals surface area (Å²) in [6, 6.07) is 6.55. The van der Waals surface area contributed by atoms with Gasteiger partial charge in [0.1, 0.15) is 5.75 Å². The molecule has 0 spiro atoms. The molecule has 2 aliphatic carbocycles. The highest BCUT2D eigenvalue weighted by Crippen LogP contribution is 2.51. The molecule has 0 heterocycles. The fourth-order valence-electron chi connectivity index (χ4n) is 2.56. The Morgan fingerprint density at radius 2 is 2.12 bits per heavy atom.